The molecule has 2 N–H and O–H groups in total. The van der Waals surface area contributed by atoms with Crippen molar-refractivity contribution in [3.63, 3.8) is 0 Å². The number of aliphatic hydroxyl groups is 1. The summed E-state index contributed by atoms with van der Waals surface area (Å²) in [6, 6.07) is 0. The van der Waals surface area contributed by atoms with Gasteiger partial charge in [-0.1, -0.05) is 13.3 Å². The molecule has 0 aliphatic heterocycles. The first-order valence-electron chi connectivity index (χ1n) is 5.58. The summed E-state index contributed by atoms with van der Waals surface area (Å²) in [6.07, 6.45) is 5.17. The van der Waals surface area contributed by atoms with E-state index in [0.717, 1.165) is 31.7 Å². The van der Waals surface area contributed by atoms with Crippen LogP contribution in [0.25, 0.3) is 0 Å². The Kier molecular flexibility index (Phi) is 5.71. The molecule has 1 aromatic heterocycles. The lowest BCUT2D eigenvalue weighted by Gasteiger charge is -2.15. The Morgan fingerprint density at radius 1 is 1.38 bits per heavy atom. The van der Waals surface area contributed by atoms with Crippen LogP contribution >= 0.6 is 0 Å². The van der Waals surface area contributed by atoms with Gasteiger partial charge in [0.1, 0.15) is 0 Å². The van der Waals surface area contributed by atoms with Crippen molar-refractivity contribution in [2.45, 2.75) is 26.2 Å². The van der Waals surface area contributed by atoms with E-state index in [1.807, 2.05) is 0 Å². The van der Waals surface area contributed by atoms with Crippen molar-refractivity contribution in [3.8, 4) is 0 Å². The highest BCUT2D eigenvalue weighted by Gasteiger charge is 2.07. The second-order valence-corrected chi connectivity index (χ2v) is 3.77. The predicted octanol–water partition coefficient (Wildman–Crippen LogP) is 1.83. The normalized spacial score (nSPS) is 12.4. The predicted molar refractivity (Wildman–Crippen MR) is 60.6 cm³/mol. The third kappa shape index (κ3) is 4.53. The number of aromatic nitrogens is 2. The van der Waals surface area contributed by atoms with Gasteiger partial charge >= 0.3 is 0 Å². The van der Waals surface area contributed by atoms with Crippen molar-refractivity contribution < 1.29 is 9.50 Å². The fraction of sp³-hybridized carbons (Fsp3) is 0.636. The minimum atomic E-state index is -0.439. The van der Waals surface area contributed by atoms with E-state index in [-0.39, 0.29) is 6.61 Å². The molecule has 1 aromatic rings. The molecule has 0 amide bonds. The SMILES string of the molecule is CCCC(CCO)CNc1ncc(F)cn1. The van der Waals surface area contributed by atoms with Gasteiger partial charge in [-0.25, -0.2) is 14.4 Å². The highest BCUT2D eigenvalue weighted by molar-refractivity contribution is 5.22. The molecule has 0 aliphatic rings. The Hall–Kier alpha value is -1.23. The molecule has 1 heterocycles. The molecule has 1 unspecified atom stereocenters. The van der Waals surface area contributed by atoms with Gasteiger partial charge in [-0.15, -0.1) is 0 Å². The Bertz CT molecular complexity index is 286. The maximum absolute atomic E-state index is 12.5. The molecule has 0 aromatic carbocycles. The standard InChI is InChI=1S/C11H18FN3O/c1-2-3-9(4-5-16)6-13-11-14-7-10(12)8-15-11/h7-9,16H,2-6H2,1H3,(H,13,14,15). The third-order valence-corrected chi connectivity index (χ3v) is 2.40. The summed E-state index contributed by atoms with van der Waals surface area (Å²) in [5, 5.41) is 11.9. The van der Waals surface area contributed by atoms with Gasteiger partial charge in [0.2, 0.25) is 5.95 Å². The van der Waals surface area contributed by atoms with Gasteiger partial charge in [0, 0.05) is 13.2 Å². The topological polar surface area (TPSA) is 58.0 Å². The van der Waals surface area contributed by atoms with Crippen LogP contribution in [0.15, 0.2) is 12.4 Å². The van der Waals surface area contributed by atoms with E-state index in [0.29, 0.717) is 18.4 Å². The second-order valence-electron chi connectivity index (χ2n) is 3.77. The van der Waals surface area contributed by atoms with Crippen molar-refractivity contribution in [2.75, 3.05) is 18.5 Å². The molecule has 4 nitrogen and oxygen atoms in total. The number of anilines is 1. The fourth-order valence-electron chi connectivity index (χ4n) is 1.58. The molecule has 5 heteroatoms. The third-order valence-electron chi connectivity index (χ3n) is 2.40. The quantitative estimate of drug-likeness (QED) is 0.746. The van der Waals surface area contributed by atoms with Gasteiger partial charge in [-0.3, -0.25) is 0 Å². The lowest BCUT2D eigenvalue weighted by molar-refractivity contribution is 0.255. The molecule has 0 aliphatic carbocycles. The zero-order chi connectivity index (χ0) is 11.8. The molecule has 0 radical (unpaired) electrons. The van der Waals surface area contributed by atoms with Crippen LogP contribution < -0.4 is 5.32 Å². The zero-order valence-corrected chi connectivity index (χ0v) is 9.49. The van der Waals surface area contributed by atoms with Crippen LogP contribution in [0.5, 0.6) is 0 Å². The molecule has 1 rings (SSSR count). The van der Waals surface area contributed by atoms with Crippen LogP contribution in [-0.2, 0) is 0 Å². The first-order valence-corrected chi connectivity index (χ1v) is 5.58. The molecular formula is C11H18FN3O. The first-order chi connectivity index (χ1) is 7.76. The van der Waals surface area contributed by atoms with E-state index in [2.05, 4.69) is 22.2 Å². The van der Waals surface area contributed by atoms with Crippen molar-refractivity contribution in [3.05, 3.63) is 18.2 Å². The number of nitrogens with one attached hydrogen (secondary N) is 1. The number of halogens is 1. The van der Waals surface area contributed by atoms with E-state index in [1.165, 1.54) is 0 Å². The lowest BCUT2D eigenvalue weighted by atomic mass is 10.0. The lowest BCUT2D eigenvalue weighted by Crippen LogP contribution is -2.17. The average Bonchev–Trinajstić information content (AvgIpc) is 2.29. The molecule has 90 valence electrons. The Morgan fingerprint density at radius 2 is 2.06 bits per heavy atom. The largest absolute Gasteiger partial charge is 0.396 e. The summed E-state index contributed by atoms with van der Waals surface area (Å²) in [4.78, 5) is 7.62. The van der Waals surface area contributed by atoms with Crippen molar-refractivity contribution >= 4 is 5.95 Å². The molecule has 0 fully saturated rings. The van der Waals surface area contributed by atoms with Crippen LogP contribution in [0.4, 0.5) is 10.3 Å². The van der Waals surface area contributed by atoms with Crippen LogP contribution in [0, 0.1) is 11.7 Å². The average molecular weight is 227 g/mol. The smallest absolute Gasteiger partial charge is 0.222 e. The van der Waals surface area contributed by atoms with Crippen LogP contribution in [0.1, 0.15) is 26.2 Å². The number of hydrogen-bond acceptors (Lipinski definition) is 4. The van der Waals surface area contributed by atoms with Gasteiger partial charge in [-0.2, -0.15) is 0 Å². The summed E-state index contributed by atoms with van der Waals surface area (Å²) < 4.78 is 12.5. The maximum Gasteiger partial charge on any atom is 0.222 e. The van der Waals surface area contributed by atoms with Crippen molar-refractivity contribution in [1.29, 1.82) is 0 Å². The Labute approximate surface area is 94.9 Å². The summed E-state index contributed by atoms with van der Waals surface area (Å²) >= 11 is 0. The van der Waals surface area contributed by atoms with Gasteiger partial charge < -0.3 is 10.4 Å². The molecule has 0 saturated heterocycles. The highest BCUT2D eigenvalue weighted by Crippen LogP contribution is 2.11. The van der Waals surface area contributed by atoms with E-state index in [9.17, 15) is 4.39 Å². The summed E-state index contributed by atoms with van der Waals surface area (Å²) in [5.74, 6) is 0.398. The number of hydrogen-bond donors (Lipinski definition) is 2. The molecule has 0 spiro atoms. The van der Waals surface area contributed by atoms with Gasteiger partial charge in [-0.05, 0) is 18.8 Å². The van der Waals surface area contributed by atoms with Gasteiger partial charge in [0.25, 0.3) is 0 Å². The highest BCUT2D eigenvalue weighted by atomic mass is 19.1. The van der Waals surface area contributed by atoms with Crippen molar-refractivity contribution in [1.82, 2.24) is 9.97 Å². The van der Waals surface area contributed by atoms with Crippen molar-refractivity contribution in [2.24, 2.45) is 5.92 Å². The van der Waals surface area contributed by atoms with E-state index in [1.54, 1.807) is 0 Å². The fourth-order valence-corrected chi connectivity index (χ4v) is 1.58. The Morgan fingerprint density at radius 3 is 2.62 bits per heavy atom. The zero-order valence-electron chi connectivity index (χ0n) is 9.49. The van der Waals surface area contributed by atoms with E-state index >= 15 is 0 Å². The molecule has 0 bridgehead atoms. The summed E-state index contributed by atoms with van der Waals surface area (Å²) in [7, 11) is 0. The van der Waals surface area contributed by atoms with E-state index < -0.39 is 5.82 Å². The maximum atomic E-state index is 12.5. The number of aliphatic hydroxyl groups excluding tert-OH is 1. The molecular weight excluding hydrogens is 209 g/mol. The minimum Gasteiger partial charge on any atom is -0.396 e. The molecule has 1 atom stereocenters. The summed E-state index contributed by atoms with van der Waals surface area (Å²) in [6.45, 7) is 3.01. The van der Waals surface area contributed by atoms with Crippen LogP contribution in [0.3, 0.4) is 0 Å². The number of nitrogens with zero attached hydrogens (tertiary/aromatic N) is 2. The van der Waals surface area contributed by atoms with Crippen LogP contribution in [0.2, 0.25) is 0 Å². The van der Waals surface area contributed by atoms with Gasteiger partial charge in [0.15, 0.2) is 5.82 Å². The molecule has 0 saturated carbocycles. The molecule has 16 heavy (non-hydrogen) atoms. The first kappa shape index (κ1) is 12.8. The second kappa shape index (κ2) is 7.11. The summed E-state index contributed by atoms with van der Waals surface area (Å²) in [5.41, 5.74) is 0. The monoisotopic (exact) mass is 227 g/mol. The van der Waals surface area contributed by atoms with Crippen LogP contribution in [-0.4, -0.2) is 28.2 Å². The number of rotatable bonds is 7. The minimum absolute atomic E-state index is 0.191. The van der Waals surface area contributed by atoms with E-state index in [4.69, 9.17) is 5.11 Å². The Balaban J connectivity index is 2.38. The van der Waals surface area contributed by atoms with Gasteiger partial charge in [0.05, 0.1) is 12.4 Å².